The maximum absolute atomic E-state index is 12.5. The van der Waals surface area contributed by atoms with Gasteiger partial charge in [0, 0.05) is 39.3 Å². The van der Waals surface area contributed by atoms with Crippen LogP contribution in [0.3, 0.4) is 0 Å². The molecule has 0 saturated carbocycles. The second kappa shape index (κ2) is 6.71. The standard InChI is InChI=1S/C15H29N3O/c1-12(2)11-17-4-6-18(7-5-17)15(19)14-8-13(3)9-16-10-14/h12-14,16H,4-11H2,1-3H3. The van der Waals surface area contributed by atoms with Gasteiger partial charge in [-0.05, 0) is 24.8 Å². The number of amides is 1. The van der Waals surface area contributed by atoms with E-state index in [9.17, 15) is 4.79 Å². The number of hydrogen-bond acceptors (Lipinski definition) is 3. The Morgan fingerprint density at radius 1 is 1.21 bits per heavy atom. The van der Waals surface area contributed by atoms with Crippen LogP contribution in [0, 0.1) is 17.8 Å². The first-order valence-corrected chi connectivity index (χ1v) is 7.78. The molecule has 0 aromatic heterocycles. The van der Waals surface area contributed by atoms with Crippen molar-refractivity contribution in [3.63, 3.8) is 0 Å². The molecule has 1 N–H and O–H groups in total. The third-order valence-electron chi connectivity index (χ3n) is 4.23. The van der Waals surface area contributed by atoms with Crippen LogP contribution in [0.2, 0.25) is 0 Å². The lowest BCUT2D eigenvalue weighted by Gasteiger charge is -2.38. The van der Waals surface area contributed by atoms with Gasteiger partial charge in [0.1, 0.15) is 0 Å². The Bertz CT molecular complexity index is 298. The molecule has 4 nitrogen and oxygen atoms in total. The van der Waals surface area contributed by atoms with E-state index in [2.05, 4.69) is 35.9 Å². The van der Waals surface area contributed by atoms with Gasteiger partial charge in [-0.15, -0.1) is 0 Å². The summed E-state index contributed by atoms with van der Waals surface area (Å²) in [5.74, 6) is 1.93. The van der Waals surface area contributed by atoms with Gasteiger partial charge in [0.25, 0.3) is 0 Å². The van der Waals surface area contributed by atoms with Crippen molar-refractivity contribution in [3.8, 4) is 0 Å². The Kier molecular flexibility index (Phi) is 5.22. The number of hydrogen-bond donors (Lipinski definition) is 1. The normalized spacial score (nSPS) is 29.8. The Labute approximate surface area is 117 Å². The summed E-state index contributed by atoms with van der Waals surface area (Å²) in [4.78, 5) is 17.1. The zero-order valence-corrected chi connectivity index (χ0v) is 12.7. The highest BCUT2D eigenvalue weighted by Crippen LogP contribution is 2.19. The van der Waals surface area contributed by atoms with E-state index in [4.69, 9.17) is 0 Å². The van der Waals surface area contributed by atoms with Gasteiger partial charge in [0.2, 0.25) is 5.91 Å². The van der Waals surface area contributed by atoms with Gasteiger partial charge in [0.05, 0.1) is 5.92 Å². The summed E-state index contributed by atoms with van der Waals surface area (Å²) < 4.78 is 0. The molecular formula is C15H29N3O. The van der Waals surface area contributed by atoms with Gasteiger partial charge in [-0.25, -0.2) is 0 Å². The lowest BCUT2D eigenvalue weighted by atomic mass is 9.90. The summed E-state index contributed by atoms with van der Waals surface area (Å²) in [5, 5.41) is 3.38. The van der Waals surface area contributed by atoms with E-state index >= 15 is 0 Å². The van der Waals surface area contributed by atoms with Crippen LogP contribution in [0.1, 0.15) is 27.2 Å². The smallest absolute Gasteiger partial charge is 0.227 e. The molecule has 0 radical (unpaired) electrons. The molecule has 2 saturated heterocycles. The fraction of sp³-hybridized carbons (Fsp3) is 0.933. The number of carbonyl (C=O) groups excluding carboxylic acids is 1. The lowest BCUT2D eigenvalue weighted by Crippen LogP contribution is -2.53. The van der Waals surface area contributed by atoms with Gasteiger partial charge in [-0.2, -0.15) is 0 Å². The van der Waals surface area contributed by atoms with Crippen LogP contribution in [0.25, 0.3) is 0 Å². The maximum atomic E-state index is 12.5. The number of rotatable bonds is 3. The Balaban J connectivity index is 1.78. The zero-order chi connectivity index (χ0) is 13.8. The fourth-order valence-electron chi connectivity index (χ4n) is 3.27. The van der Waals surface area contributed by atoms with Crippen molar-refractivity contribution in [3.05, 3.63) is 0 Å². The molecule has 0 aromatic carbocycles. The number of piperidine rings is 1. The summed E-state index contributed by atoms with van der Waals surface area (Å²) in [6, 6.07) is 0. The first-order valence-electron chi connectivity index (χ1n) is 7.78. The number of nitrogens with zero attached hydrogens (tertiary/aromatic N) is 2. The summed E-state index contributed by atoms with van der Waals surface area (Å²) in [6.45, 7) is 13.7. The van der Waals surface area contributed by atoms with Crippen molar-refractivity contribution >= 4 is 5.91 Å². The van der Waals surface area contributed by atoms with Crippen molar-refractivity contribution in [2.45, 2.75) is 27.2 Å². The lowest BCUT2D eigenvalue weighted by molar-refractivity contribution is -0.138. The SMILES string of the molecule is CC(C)CN1CCN(C(=O)C2CNCC(C)C2)CC1. The molecule has 110 valence electrons. The topological polar surface area (TPSA) is 35.6 Å². The van der Waals surface area contributed by atoms with E-state index < -0.39 is 0 Å². The average molecular weight is 267 g/mol. The minimum absolute atomic E-state index is 0.209. The van der Waals surface area contributed by atoms with E-state index in [0.29, 0.717) is 17.7 Å². The zero-order valence-electron chi connectivity index (χ0n) is 12.7. The monoisotopic (exact) mass is 267 g/mol. The minimum atomic E-state index is 0.209. The third-order valence-corrected chi connectivity index (χ3v) is 4.23. The molecule has 2 unspecified atom stereocenters. The predicted molar refractivity (Wildman–Crippen MR) is 78.0 cm³/mol. The molecule has 2 heterocycles. The van der Waals surface area contributed by atoms with Crippen LogP contribution in [-0.4, -0.2) is 61.5 Å². The Hall–Kier alpha value is -0.610. The van der Waals surface area contributed by atoms with E-state index in [1.165, 1.54) is 0 Å². The molecule has 0 spiro atoms. The van der Waals surface area contributed by atoms with Crippen molar-refractivity contribution < 1.29 is 4.79 Å². The first-order chi connectivity index (χ1) is 9.06. The largest absolute Gasteiger partial charge is 0.340 e. The van der Waals surface area contributed by atoms with Crippen LogP contribution in [-0.2, 0) is 4.79 Å². The van der Waals surface area contributed by atoms with E-state index in [-0.39, 0.29) is 5.92 Å². The summed E-state index contributed by atoms with van der Waals surface area (Å²) >= 11 is 0. The van der Waals surface area contributed by atoms with Crippen LogP contribution in [0.4, 0.5) is 0 Å². The molecule has 0 aromatic rings. The molecule has 1 amide bonds. The van der Waals surface area contributed by atoms with Crippen molar-refractivity contribution in [2.75, 3.05) is 45.8 Å². The molecule has 0 bridgehead atoms. The molecule has 4 heteroatoms. The maximum Gasteiger partial charge on any atom is 0.227 e. The van der Waals surface area contributed by atoms with E-state index in [1.807, 2.05) is 0 Å². The quantitative estimate of drug-likeness (QED) is 0.830. The minimum Gasteiger partial charge on any atom is -0.340 e. The van der Waals surface area contributed by atoms with Crippen molar-refractivity contribution in [1.29, 1.82) is 0 Å². The van der Waals surface area contributed by atoms with Gasteiger partial charge in [-0.3, -0.25) is 9.69 Å². The summed E-state index contributed by atoms with van der Waals surface area (Å²) in [5.41, 5.74) is 0. The summed E-state index contributed by atoms with van der Waals surface area (Å²) in [7, 11) is 0. The number of nitrogens with one attached hydrogen (secondary N) is 1. The molecule has 0 aliphatic carbocycles. The third kappa shape index (κ3) is 4.18. The summed E-state index contributed by atoms with van der Waals surface area (Å²) in [6.07, 6.45) is 1.05. The van der Waals surface area contributed by atoms with Gasteiger partial charge >= 0.3 is 0 Å². The molecule has 2 atom stereocenters. The average Bonchev–Trinajstić information content (AvgIpc) is 2.38. The van der Waals surface area contributed by atoms with Crippen LogP contribution in [0.5, 0.6) is 0 Å². The second-order valence-corrected chi connectivity index (χ2v) is 6.72. The first kappa shape index (κ1) is 14.8. The van der Waals surface area contributed by atoms with E-state index in [0.717, 1.165) is 52.2 Å². The highest BCUT2D eigenvalue weighted by Gasteiger charge is 2.30. The number of carbonyl (C=O) groups is 1. The Morgan fingerprint density at radius 3 is 2.47 bits per heavy atom. The van der Waals surface area contributed by atoms with Crippen molar-refractivity contribution in [1.82, 2.24) is 15.1 Å². The highest BCUT2D eigenvalue weighted by molar-refractivity contribution is 5.79. The second-order valence-electron chi connectivity index (χ2n) is 6.72. The predicted octanol–water partition coefficient (Wildman–Crippen LogP) is 1.03. The van der Waals surface area contributed by atoms with Gasteiger partial charge < -0.3 is 10.2 Å². The van der Waals surface area contributed by atoms with E-state index in [1.54, 1.807) is 0 Å². The Morgan fingerprint density at radius 2 is 1.89 bits per heavy atom. The van der Waals surface area contributed by atoms with Crippen molar-refractivity contribution in [2.24, 2.45) is 17.8 Å². The molecular weight excluding hydrogens is 238 g/mol. The molecule has 2 aliphatic heterocycles. The highest BCUT2D eigenvalue weighted by atomic mass is 16.2. The molecule has 2 aliphatic rings. The van der Waals surface area contributed by atoms with Gasteiger partial charge in [0.15, 0.2) is 0 Å². The van der Waals surface area contributed by atoms with Gasteiger partial charge in [-0.1, -0.05) is 20.8 Å². The molecule has 2 rings (SSSR count). The molecule has 19 heavy (non-hydrogen) atoms. The fourth-order valence-corrected chi connectivity index (χ4v) is 3.27. The van der Waals surface area contributed by atoms with Crippen LogP contribution < -0.4 is 5.32 Å². The number of piperazine rings is 1. The molecule has 2 fully saturated rings. The van der Waals surface area contributed by atoms with Crippen LogP contribution >= 0.6 is 0 Å². The van der Waals surface area contributed by atoms with Crippen LogP contribution in [0.15, 0.2) is 0 Å².